The van der Waals surface area contributed by atoms with E-state index in [-0.39, 0.29) is 11.3 Å². The van der Waals surface area contributed by atoms with E-state index in [9.17, 15) is 4.79 Å². The zero-order chi connectivity index (χ0) is 17.0. The van der Waals surface area contributed by atoms with Crippen molar-refractivity contribution in [1.29, 1.82) is 0 Å². The van der Waals surface area contributed by atoms with Crippen LogP contribution in [0.1, 0.15) is 73.5 Å². The molecule has 4 unspecified atom stereocenters. The van der Waals surface area contributed by atoms with Crippen molar-refractivity contribution < 1.29 is 4.79 Å². The van der Waals surface area contributed by atoms with E-state index in [1.165, 1.54) is 60.4 Å². The van der Waals surface area contributed by atoms with Gasteiger partial charge in [0.25, 0.3) is 0 Å². The van der Waals surface area contributed by atoms with Gasteiger partial charge in [-0.15, -0.1) is 0 Å². The first-order chi connectivity index (χ1) is 12.7. The summed E-state index contributed by atoms with van der Waals surface area (Å²) in [5.74, 6) is 2.15. The van der Waals surface area contributed by atoms with Gasteiger partial charge in [-0.3, -0.25) is 4.79 Å². The van der Waals surface area contributed by atoms with Gasteiger partial charge < -0.3 is 0 Å². The third kappa shape index (κ3) is 1.50. The van der Waals surface area contributed by atoms with Gasteiger partial charge in [0.1, 0.15) is 5.78 Å². The summed E-state index contributed by atoms with van der Waals surface area (Å²) in [5, 5.41) is 2.83. The fourth-order valence-corrected chi connectivity index (χ4v) is 7.74. The Bertz CT molecular complexity index is 1040. The predicted molar refractivity (Wildman–Crippen MR) is 103 cm³/mol. The van der Waals surface area contributed by atoms with Gasteiger partial charge in [-0.25, -0.2) is 0 Å². The SMILES string of the molecule is O=C1CCc2cc3cccc4c3cc2C1C12CCC(C1)C1=C2CCC4C1. The number of allylic oxidation sites excluding steroid dienone is 2. The maximum atomic E-state index is 13.3. The molecule has 6 aliphatic carbocycles. The van der Waals surface area contributed by atoms with Crippen LogP contribution in [0.4, 0.5) is 0 Å². The molecule has 1 heteroatoms. The van der Waals surface area contributed by atoms with Crippen LogP contribution >= 0.6 is 0 Å². The number of hydrogen-bond donors (Lipinski definition) is 0. The zero-order valence-electron chi connectivity index (χ0n) is 15.2. The minimum atomic E-state index is 0.149. The molecule has 2 aromatic rings. The van der Waals surface area contributed by atoms with Crippen molar-refractivity contribution in [1.82, 2.24) is 0 Å². The van der Waals surface area contributed by atoms with Crippen molar-refractivity contribution in [3.05, 3.63) is 58.2 Å². The topological polar surface area (TPSA) is 17.1 Å². The van der Waals surface area contributed by atoms with Gasteiger partial charge in [0.05, 0.1) is 5.92 Å². The normalized spacial score (nSPS) is 36.5. The maximum Gasteiger partial charge on any atom is 0.141 e. The van der Waals surface area contributed by atoms with Crippen LogP contribution in [0.2, 0.25) is 0 Å². The van der Waals surface area contributed by atoms with Gasteiger partial charge in [0.2, 0.25) is 0 Å². The third-order valence-electron chi connectivity index (χ3n) is 8.68. The molecule has 1 spiro atoms. The molecule has 0 aromatic heterocycles. The Balaban J connectivity index is 1.64. The van der Waals surface area contributed by atoms with Gasteiger partial charge in [0, 0.05) is 11.8 Å². The monoisotopic (exact) mass is 340 g/mol. The maximum absolute atomic E-state index is 13.3. The Kier molecular flexibility index (Phi) is 2.46. The summed E-state index contributed by atoms with van der Waals surface area (Å²) in [6.07, 6.45) is 9.35. The third-order valence-corrected chi connectivity index (χ3v) is 8.68. The van der Waals surface area contributed by atoms with Crippen LogP contribution in [0.25, 0.3) is 10.8 Å². The van der Waals surface area contributed by atoms with Crippen molar-refractivity contribution in [2.24, 2.45) is 11.3 Å². The molecule has 130 valence electrons. The van der Waals surface area contributed by atoms with Crippen molar-refractivity contribution in [2.45, 2.75) is 63.2 Å². The summed E-state index contributed by atoms with van der Waals surface area (Å²) < 4.78 is 0. The van der Waals surface area contributed by atoms with Gasteiger partial charge in [-0.1, -0.05) is 35.4 Å². The highest BCUT2D eigenvalue weighted by atomic mass is 16.1. The lowest BCUT2D eigenvalue weighted by molar-refractivity contribution is -0.123. The fraction of sp³-hybridized carbons (Fsp3) is 0.480. The molecule has 26 heavy (non-hydrogen) atoms. The van der Waals surface area contributed by atoms with Gasteiger partial charge >= 0.3 is 0 Å². The summed E-state index contributed by atoms with van der Waals surface area (Å²) in [6, 6.07) is 11.8. The molecule has 1 saturated carbocycles. The van der Waals surface area contributed by atoms with Crippen molar-refractivity contribution >= 4 is 16.6 Å². The minimum Gasteiger partial charge on any atom is -0.299 e. The molecule has 7 bridgehead atoms. The quantitative estimate of drug-likeness (QED) is 0.553. The van der Waals surface area contributed by atoms with E-state index in [0.29, 0.717) is 11.7 Å². The van der Waals surface area contributed by atoms with Crippen LogP contribution in [0.5, 0.6) is 0 Å². The van der Waals surface area contributed by atoms with Crippen LogP contribution in [-0.4, -0.2) is 5.78 Å². The van der Waals surface area contributed by atoms with Crippen molar-refractivity contribution in [3.8, 4) is 0 Å². The molecule has 1 nitrogen and oxygen atoms in total. The summed E-state index contributed by atoms with van der Waals surface area (Å²) in [7, 11) is 0. The average molecular weight is 340 g/mol. The standard InChI is InChI=1S/C25H24O/c26-23-7-5-15-10-14-2-1-3-18-16-4-6-22-20(11-16)17-8-9-25(22,13-17)24(23)21(15)12-19(14)18/h1-3,10,12,16-17,24H,4-9,11,13H2. The summed E-state index contributed by atoms with van der Waals surface area (Å²) in [6.45, 7) is 0. The lowest BCUT2D eigenvalue weighted by atomic mass is 9.58. The predicted octanol–water partition coefficient (Wildman–Crippen LogP) is 5.82. The lowest BCUT2D eigenvalue weighted by Gasteiger charge is -2.44. The highest BCUT2D eigenvalue weighted by Crippen LogP contribution is 2.68. The Hall–Kier alpha value is -1.89. The van der Waals surface area contributed by atoms with Crippen molar-refractivity contribution in [2.75, 3.05) is 0 Å². The number of rotatable bonds is 0. The van der Waals surface area contributed by atoms with E-state index in [0.717, 1.165) is 18.8 Å². The summed E-state index contributed by atoms with van der Waals surface area (Å²) in [5.41, 5.74) is 8.14. The number of aryl methyl sites for hydroxylation is 1. The molecule has 6 aliphatic rings. The Labute approximate surface area is 154 Å². The first kappa shape index (κ1) is 14.2. The largest absolute Gasteiger partial charge is 0.299 e. The van der Waals surface area contributed by atoms with E-state index >= 15 is 0 Å². The molecule has 0 N–H and O–H groups in total. The second-order valence-corrected chi connectivity index (χ2v) is 9.56. The number of carbonyl (C=O) groups excluding carboxylic acids is 1. The Morgan fingerprint density at radius 1 is 0.962 bits per heavy atom. The number of fused-ring (bicyclic) bond motifs is 2. The van der Waals surface area contributed by atoms with Gasteiger partial charge in [-0.05, 0) is 90.3 Å². The Morgan fingerprint density at radius 2 is 1.92 bits per heavy atom. The van der Waals surface area contributed by atoms with Gasteiger partial charge in [-0.2, -0.15) is 0 Å². The molecule has 8 rings (SSSR count). The number of carbonyl (C=O) groups is 1. The molecule has 0 saturated heterocycles. The molecule has 2 aromatic carbocycles. The van der Waals surface area contributed by atoms with Crippen molar-refractivity contribution in [3.63, 3.8) is 0 Å². The lowest BCUT2D eigenvalue weighted by Crippen LogP contribution is -2.37. The molecule has 0 aliphatic heterocycles. The van der Waals surface area contributed by atoms with E-state index in [2.05, 4.69) is 30.3 Å². The summed E-state index contributed by atoms with van der Waals surface area (Å²) >= 11 is 0. The second kappa shape index (κ2) is 4.50. The van der Waals surface area contributed by atoms with Crippen LogP contribution in [0.15, 0.2) is 41.5 Å². The van der Waals surface area contributed by atoms with E-state index in [1.807, 2.05) is 0 Å². The molecule has 1 fully saturated rings. The number of Topliss-reactive ketones (excluding diaryl/α,β-unsaturated/α-hetero) is 1. The molecular formula is C25H24O. The fourth-order valence-electron chi connectivity index (χ4n) is 7.74. The summed E-state index contributed by atoms with van der Waals surface area (Å²) in [4.78, 5) is 13.3. The number of hydrogen-bond acceptors (Lipinski definition) is 1. The highest BCUT2D eigenvalue weighted by molar-refractivity contribution is 5.95. The van der Waals surface area contributed by atoms with E-state index < -0.39 is 0 Å². The van der Waals surface area contributed by atoms with Gasteiger partial charge in [0.15, 0.2) is 0 Å². The average Bonchev–Trinajstić information content (AvgIpc) is 3.23. The van der Waals surface area contributed by atoms with Crippen LogP contribution < -0.4 is 0 Å². The molecule has 0 radical (unpaired) electrons. The number of benzene rings is 2. The number of ketones is 1. The molecule has 0 amide bonds. The molecule has 4 atom stereocenters. The zero-order valence-corrected chi connectivity index (χ0v) is 15.2. The van der Waals surface area contributed by atoms with E-state index in [4.69, 9.17) is 0 Å². The van der Waals surface area contributed by atoms with E-state index in [1.54, 1.807) is 16.7 Å². The smallest absolute Gasteiger partial charge is 0.141 e. The Morgan fingerprint density at radius 3 is 2.88 bits per heavy atom. The van der Waals surface area contributed by atoms with Crippen LogP contribution in [0, 0.1) is 11.3 Å². The first-order valence-corrected chi connectivity index (χ1v) is 10.6. The first-order valence-electron chi connectivity index (χ1n) is 10.6. The van der Waals surface area contributed by atoms with Crippen LogP contribution in [-0.2, 0) is 11.2 Å². The highest BCUT2D eigenvalue weighted by Gasteiger charge is 2.58. The molecular weight excluding hydrogens is 316 g/mol. The molecule has 0 heterocycles. The van der Waals surface area contributed by atoms with Crippen LogP contribution in [0.3, 0.4) is 0 Å². The minimum absolute atomic E-state index is 0.149. The second-order valence-electron chi connectivity index (χ2n) is 9.56.